The van der Waals surface area contributed by atoms with Gasteiger partial charge in [0.15, 0.2) is 0 Å². The summed E-state index contributed by atoms with van der Waals surface area (Å²) in [5.41, 5.74) is -0.339. The van der Waals surface area contributed by atoms with Gasteiger partial charge in [-0.05, 0) is 17.9 Å². The number of esters is 1. The zero-order chi connectivity index (χ0) is 11.2. The minimum Gasteiger partial charge on any atom is -0.460 e. The number of ether oxygens (including phenoxy) is 1. The molecule has 0 radical (unpaired) electrons. The summed E-state index contributed by atoms with van der Waals surface area (Å²) in [7, 11) is 0. The Hall–Kier alpha value is -0.860. The van der Waals surface area contributed by atoms with Gasteiger partial charge in [0.1, 0.15) is 0 Å². The first-order chi connectivity index (χ1) is 6.37. The van der Waals surface area contributed by atoms with Crippen molar-refractivity contribution in [3.63, 3.8) is 0 Å². The minimum absolute atomic E-state index is 0.292. The largest absolute Gasteiger partial charge is 0.460 e. The van der Waals surface area contributed by atoms with Crippen molar-refractivity contribution in [3.05, 3.63) is 11.9 Å². The molecule has 0 atom stereocenters. The quantitative estimate of drug-likeness (QED) is 0.397. The Kier molecular flexibility index (Phi) is 5.43. The highest BCUT2D eigenvalue weighted by Gasteiger charge is 2.15. The van der Waals surface area contributed by atoms with E-state index in [-0.39, 0.29) is 5.41 Å². The molecule has 0 saturated heterocycles. The van der Waals surface area contributed by atoms with Crippen molar-refractivity contribution < 1.29 is 13.9 Å². The molecule has 0 aromatic heterocycles. The lowest BCUT2D eigenvalue weighted by molar-refractivity contribution is -0.140. The Labute approximate surface area is 85.1 Å². The van der Waals surface area contributed by atoms with Gasteiger partial charge in [-0.1, -0.05) is 34.1 Å². The molecule has 0 rings (SSSR count). The van der Waals surface area contributed by atoms with Crippen molar-refractivity contribution in [2.75, 3.05) is 6.61 Å². The van der Waals surface area contributed by atoms with E-state index in [2.05, 4.69) is 0 Å². The van der Waals surface area contributed by atoms with E-state index in [4.69, 9.17) is 4.74 Å². The van der Waals surface area contributed by atoms with Crippen LogP contribution in [0.15, 0.2) is 11.9 Å². The van der Waals surface area contributed by atoms with Crippen molar-refractivity contribution in [1.82, 2.24) is 0 Å². The highest BCUT2D eigenvalue weighted by atomic mass is 19.1. The average molecular weight is 202 g/mol. The maximum absolute atomic E-state index is 13.1. The van der Waals surface area contributed by atoms with Crippen molar-refractivity contribution in [2.45, 2.75) is 40.5 Å². The Bertz CT molecular complexity index is 214. The van der Waals surface area contributed by atoms with Gasteiger partial charge in [-0.2, -0.15) is 4.39 Å². The number of rotatable bonds is 4. The monoisotopic (exact) mass is 202 g/mol. The second-order valence-corrected chi connectivity index (χ2v) is 4.35. The van der Waals surface area contributed by atoms with Gasteiger partial charge in [0.05, 0.1) is 6.61 Å². The Morgan fingerprint density at radius 1 is 1.43 bits per heavy atom. The fraction of sp³-hybridized carbons (Fsp3) is 0.727. The van der Waals surface area contributed by atoms with Crippen LogP contribution in [0.4, 0.5) is 4.39 Å². The van der Waals surface area contributed by atoms with E-state index in [1.807, 2.05) is 27.7 Å². The molecule has 0 aromatic carbocycles. The van der Waals surface area contributed by atoms with Crippen LogP contribution in [0.3, 0.4) is 0 Å². The fourth-order valence-electron chi connectivity index (χ4n) is 0.817. The van der Waals surface area contributed by atoms with E-state index in [0.717, 1.165) is 12.8 Å². The molecule has 0 aliphatic rings. The van der Waals surface area contributed by atoms with E-state index < -0.39 is 11.8 Å². The highest BCUT2D eigenvalue weighted by Crippen LogP contribution is 2.18. The zero-order valence-electron chi connectivity index (χ0n) is 9.39. The van der Waals surface area contributed by atoms with Gasteiger partial charge >= 0.3 is 5.97 Å². The number of hydrogen-bond acceptors (Lipinski definition) is 2. The molecule has 0 aliphatic heterocycles. The number of hydrogen-bond donors (Lipinski definition) is 0. The molecule has 0 spiro atoms. The summed E-state index contributed by atoms with van der Waals surface area (Å²) in [6.45, 7) is 7.75. The van der Waals surface area contributed by atoms with Crippen molar-refractivity contribution >= 4 is 5.97 Å². The Balaban J connectivity index is 4.06. The molecular weight excluding hydrogens is 183 g/mol. The van der Waals surface area contributed by atoms with Gasteiger partial charge in [-0.15, -0.1) is 0 Å². The molecule has 0 aromatic rings. The first-order valence-corrected chi connectivity index (χ1v) is 4.92. The van der Waals surface area contributed by atoms with Crippen LogP contribution in [0.25, 0.3) is 0 Å². The first kappa shape index (κ1) is 13.1. The molecule has 0 heterocycles. The highest BCUT2D eigenvalue weighted by molar-refractivity contribution is 5.86. The number of unbranched alkanes of at least 4 members (excludes halogenated alkanes) is 1. The van der Waals surface area contributed by atoms with Crippen LogP contribution in [0.2, 0.25) is 0 Å². The number of allylic oxidation sites excluding steroid dienone is 1. The molecule has 0 amide bonds. The summed E-state index contributed by atoms with van der Waals surface area (Å²) in [6, 6.07) is 0. The molecule has 0 N–H and O–H groups in total. The third-order valence-corrected chi connectivity index (χ3v) is 1.49. The maximum atomic E-state index is 13.1. The van der Waals surface area contributed by atoms with E-state index in [0.29, 0.717) is 6.61 Å². The molecule has 0 bridgehead atoms. The van der Waals surface area contributed by atoms with Crippen LogP contribution in [-0.4, -0.2) is 12.6 Å². The Morgan fingerprint density at radius 2 is 2.00 bits per heavy atom. The van der Waals surface area contributed by atoms with Crippen LogP contribution in [0.5, 0.6) is 0 Å². The predicted octanol–water partition coefficient (Wildman–Crippen LogP) is 3.23. The molecule has 3 heteroatoms. The number of carbonyl (C=O) groups excluding carboxylic acids is 1. The molecule has 0 unspecified atom stereocenters. The molecule has 82 valence electrons. The summed E-state index contributed by atoms with van der Waals surface area (Å²) < 4.78 is 17.8. The first-order valence-electron chi connectivity index (χ1n) is 4.92. The number of carbonyl (C=O) groups is 1. The minimum atomic E-state index is -0.853. The van der Waals surface area contributed by atoms with E-state index in [9.17, 15) is 9.18 Å². The molecule has 2 nitrogen and oxygen atoms in total. The molecule has 0 aliphatic carbocycles. The molecule has 14 heavy (non-hydrogen) atoms. The number of halogens is 1. The lowest BCUT2D eigenvalue weighted by atomic mass is 9.96. The van der Waals surface area contributed by atoms with Gasteiger partial charge in [0.2, 0.25) is 5.83 Å². The van der Waals surface area contributed by atoms with Crippen molar-refractivity contribution in [3.8, 4) is 0 Å². The lowest BCUT2D eigenvalue weighted by Crippen LogP contribution is -2.09. The van der Waals surface area contributed by atoms with Crippen LogP contribution >= 0.6 is 0 Å². The molecule has 0 saturated carbocycles. The van der Waals surface area contributed by atoms with E-state index in [1.165, 1.54) is 6.08 Å². The standard InChI is InChI=1S/C11H19FO2/c1-5-6-7-14-10(13)9(12)8-11(2,3)4/h8H,5-7H2,1-4H3. The van der Waals surface area contributed by atoms with Gasteiger partial charge in [-0.25, -0.2) is 4.79 Å². The third kappa shape index (κ3) is 6.63. The van der Waals surface area contributed by atoms with Gasteiger partial charge < -0.3 is 4.74 Å². The molecular formula is C11H19FO2. The van der Waals surface area contributed by atoms with Crippen LogP contribution in [0, 0.1) is 5.41 Å². The summed E-state index contributed by atoms with van der Waals surface area (Å²) in [4.78, 5) is 11.0. The summed E-state index contributed by atoms with van der Waals surface area (Å²) in [5.74, 6) is -1.65. The second kappa shape index (κ2) is 5.78. The second-order valence-electron chi connectivity index (χ2n) is 4.35. The summed E-state index contributed by atoms with van der Waals surface area (Å²) >= 11 is 0. The van der Waals surface area contributed by atoms with Crippen LogP contribution in [0.1, 0.15) is 40.5 Å². The van der Waals surface area contributed by atoms with E-state index >= 15 is 0 Å². The Morgan fingerprint density at radius 3 is 2.43 bits per heavy atom. The zero-order valence-corrected chi connectivity index (χ0v) is 9.39. The smallest absolute Gasteiger partial charge is 0.366 e. The summed E-state index contributed by atoms with van der Waals surface area (Å²) in [6.07, 6.45) is 2.98. The fourth-order valence-corrected chi connectivity index (χ4v) is 0.817. The van der Waals surface area contributed by atoms with Gasteiger partial charge in [0, 0.05) is 0 Å². The maximum Gasteiger partial charge on any atom is 0.366 e. The van der Waals surface area contributed by atoms with Gasteiger partial charge in [0.25, 0.3) is 0 Å². The third-order valence-electron chi connectivity index (χ3n) is 1.49. The lowest BCUT2D eigenvalue weighted by Gasteiger charge is -2.11. The van der Waals surface area contributed by atoms with Crippen molar-refractivity contribution in [1.29, 1.82) is 0 Å². The predicted molar refractivity (Wildman–Crippen MR) is 54.5 cm³/mol. The molecule has 0 fully saturated rings. The van der Waals surface area contributed by atoms with Crippen LogP contribution in [-0.2, 0) is 9.53 Å². The normalized spacial score (nSPS) is 12.8. The topological polar surface area (TPSA) is 26.3 Å². The van der Waals surface area contributed by atoms with Crippen LogP contribution < -0.4 is 0 Å². The SMILES string of the molecule is CCCCOC(=O)C(F)=CC(C)(C)C. The van der Waals surface area contributed by atoms with Gasteiger partial charge in [-0.3, -0.25) is 0 Å². The summed E-state index contributed by atoms with van der Waals surface area (Å²) in [5, 5.41) is 0. The average Bonchev–Trinajstić information content (AvgIpc) is 2.01. The van der Waals surface area contributed by atoms with E-state index in [1.54, 1.807) is 0 Å². The van der Waals surface area contributed by atoms with Crippen molar-refractivity contribution in [2.24, 2.45) is 5.41 Å².